The zero-order valence-electron chi connectivity index (χ0n) is 19.9. The van der Waals surface area contributed by atoms with Gasteiger partial charge >= 0.3 is 12.1 Å². The molecule has 0 amide bonds. The predicted molar refractivity (Wildman–Crippen MR) is 139 cm³/mol. The lowest BCUT2D eigenvalue weighted by Gasteiger charge is -2.36. The molecular weight excluding hydrogens is 497 g/mol. The summed E-state index contributed by atoms with van der Waals surface area (Å²) in [7, 11) is 0. The van der Waals surface area contributed by atoms with Gasteiger partial charge in [-0.3, -0.25) is 0 Å². The molecule has 3 aromatic rings. The van der Waals surface area contributed by atoms with Crippen molar-refractivity contribution in [3.63, 3.8) is 0 Å². The molecule has 1 atom stereocenters. The van der Waals surface area contributed by atoms with Crippen LogP contribution in [-0.4, -0.2) is 36.2 Å². The number of carboxylic acid groups (broad SMARTS) is 1. The van der Waals surface area contributed by atoms with Gasteiger partial charge in [-0.05, 0) is 74.7 Å². The number of carbonyl (C=O) groups is 1. The van der Waals surface area contributed by atoms with Crippen LogP contribution in [0.1, 0.15) is 49.5 Å². The molecule has 2 aromatic carbocycles. The van der Waals surface area contributed by atoms with Gasteiger partial charge in [0.2, 0.25) is 0 Å². The van der Waals surface area contributed by atoms with E-state index in [2.05, 4.69) is 31.0 Å². The number of halogens is 4. The van der Waals surface area contributed by atoms with Gasteiger partial charge < -0.3 is 15.3 Å². The van der Waals surface area contributed by atoms with E-state index >= 15 is 0 Å². The number of anilines is 1. The number of thiophene rings is 1. The third-order valence-electron chi connectivity index (χ3n) is 6.22. The number of rotatable bonds is 5. The Morgan fingerprint density at radius 1 is 1.17 bits per heavy atom. The third kappa shape index (κ3) is 6.29. The summed E-state index contributed by atoms with van der Waals surface area (Å²) >= 11 is 1.23. The first-order valence-corrected chi connectivity index (χ1v) is 12.3. The number of hydrogen-bond acceptors (Lipinski definition) is 4. The molecule has 0 spiro atoms. The smallest absolute Gasteiger partial charge is 0.416 e. The van der Waals surface area contributed by atoms with Gasteiger partial charge in [-0.1, -0.05) is 12.1 Å². The zero-order chi connectivity index (χ0) is 24.7. The molecule has 190 valence electrons. The molecule has 0 unspecified atom stereocenters. The summed E-state index contributed by atoms with van der Waals surface area (Å²) in [5.74, 6) is -0.580. The average molecular weight is 527 g/mol. The molecule has 2 N–H and O–H groups in total. The van der Waals surface area contributed by atoms with Gasteiger partial charge in [-0.15, -0.1) is 23.7 Å². The maximum atomic E-state index is 13.1. The van der Waals surface area contributed by atoms with Crippen molar-refractivity contribution in [2.75, 3.05) is 24.5 Å². The number of alkyl halides is 3. The molecule has 1 aliphatic rings. The van der Waals surface area contributed by atoms with Gasteiger partial charge in [-0.2, -0.15) is 13.2 Å². The minimum absolute atomic E-state index is 0. The van der Waals surface area contributed by atoms with Crippen LogP contribution >= 0.6 is 23.7 Å². The van der Waals surface area contributed by atoms with Crippen molar-refractivity contribution < 1.29 is 23.1 Å². The number of aromatic carboxylic acids is 1. The molecule has 0 aliphatic carbocycles. The van der Waals surface area contributed by atoms with Crippen LogP contribution in [0.4, 0.5) is 18.9 Å². The number of hydrogen-bond donors (Lipinski definition) is 2. The van der Waals surface area contributed by atoms with E-state index in [1.165, 1.54) is 17.4 Å². The summed E-state index contributed by atoms with van der Waals surface area (Å²) in [6.07, 6.45) is -2.31. The Bertz CT molecular complexity index is 1200. The van der Waals surface area contributed by atoms with Crippen molar-refractivity contribution in [1.82, 2.24) is 5.32 Å². The fraction of sp³-hybridized carbons (Fsp3) is 0.423. The van der Waals surface area contributed by atoms with Crippen LogP contribution in [0.2, 0.25) is 0 Å². The number of piperidine rings is 1. The van der Waals surface area contributed by atoms with E-state index in [-0.39, 0.29) is 23.5 Å². The van der Waals surface area contributed by atoms with Gasteiger partial charge in [0.15, 0.2) is 0 Å². The molecule has 4 nitrogen and oxygen atoms in total. The van der Waals surface area contributed by atoms with Crippen molar-refractivity contribution in [2.24, 2.45) is 5.92 Å². The first-order chi connectivity index (χ1) is 15.9. The summed E-state index contributed by atoms with van der Waals surface area (Å²) in [6, 6.07) is 9.05. The molecule has 9 heteroatoms. The zero-order valence-corrected chi connectivity index (χ0v) is 21.5. The monoisotopic (exact) mass is 526 g/mol. The maximum absolute atomic E-state index is 13.1. The highest BCUT2D eigenvalue weighted by atomic mass is 35.5. The van der Waals surface area contributed by atoms with E-state index in [0.29, 0.717) is 27.3 Å². The van der Waals surface area contributed by atoms with Crippen LogP contribution in [0.5, 0.6) is 0 Å². The largest absolute Gasteiger partial charge is 0.478 e. The van der Waals surface area contributed by atoms with Crippen molar-refractivity contribution in [3.05, 3.63) is 52.9 Å². The SMILES string of the molecule is CC(C)(C)NC[C@H]1CCCN(c2ccc(-c3csc4cc(C(F)(F)F)ccc34)cc2C(=O)O)C1.Cl. The fourth-order valence-corrected chi connectivity index (χ4v) is 5.49. The number of nitrogens with one attached hydrogen (secondary N) is 1. The highest BCUT2D eigenvalue weighted by molar-refractivity contribution is 7.17. The molecule has 2 heterocycles. The van der Waals surface area contributed by atoms with Gasteiger partial charge in [0.1, 0.15) is 0 Å². The van der Waals surface area contributed by atoms with E-state index < -0.39 is 17.7 Å². The average Bonchev–Trinajstić information content (AvgIpc) is 3.20. The van der Waals surface area contributed by atoms with E-state index in [1.807, 2.05) is 12.1 Å². The van der Waals surface area contributed by atoms with Gasteiger partial charge in [0.25, 0.3) is 0 Å². The van der Waals surface area contributed by atoms with Crippen molar-refractivity contribution >= 4 is 45.5 Å². The second kappa shape index (κ2) is 10.4. The molecule has 35 heavy (non-hydrogen) atoms. The minimum Gasteiger partial charge on any atom is -0.478 e. The molecular formula is C26H30ClF3N2O2S. The number of fused-ring (bicyclic) bond motifs is 1. The Labute approximate surface area is 213 Å². The summed E-state index contributed by atoms with van der Waals surface area (Å²) in [5.41, 5.74) is 1.68. The molecule has 4 rings (SSSR count). The Balaban J connectivity index is 0.00000342. The van der Waals surface area contributed by atoms with Crippen LogP contribution in [0.15, 0.2) is 41.8 Å². The first-order valence-electron chi connectivity index (χ1n) is 11.4. The molecule has 0 bridgehead atoms. The van der Waals surface area contributed by atoms with Crippen molar-refractivity contribution in [2.45, 2.75) is 45.3 Å². The molecule has 1 aliphatic heterocycles. The van der Waals surface area contributed by atoms with Crippen LogP contribution in [0.3, 0.4) is 0 Å². The maximum Gasteiger partial charge on any atom is 0.416 e. The summed E-state index contributed by atoms with van der Waals surface area (Å²) in [4.78, 5) is 14.3. The highest BCUT2D eigenvalue weighted by Gasteiger charge is 2.31. The molecule has 1 fully saturated rings. The van der Waals surface area contributed by atoms with E-state index in [1.54, 1.807) is 11.4 Å². The molecule has 0 saturated carbocycles. The summed E-state index contributed by atoms with van der Waals surface area (Å²) in [5, 5.41) is 16.0. The summed E-state index contributed by atoms with van der Waals surface area (Å²) < 4.78 is 39.7. The van der Waals surface area contributed by atoms with Crippen molar-refractivity contribution in [1.29, 1.82) is 0 Å². The molecule has 1 aromatic heterocycles. The van der Waals surface area contributed by atoms with E-state index in [4.69, 9.17) is 0 Å². The minimum atomic E-state index is -4.40. The molecule has 0 radical (unpaired) electrons. The number of benzene rings is 2. The Hall–Kier alpha value is -2.29. The lowest BCUT2D eigenvalue weighted by molar-refractivity contribution is -0.137. The van der Waals surface area contributed by atoms with Crippen LogP contribution in [0.25, 0.3) is 21.2 Å². The fourth-order valence-electron chi connectivity index (χ4n) is 4.48. The number of carboxylic acids is 1. The predicted octanol–water partition coefficient (Wildman–Crippen LogP) is 7.31. The Morgan fingerprint density at radius 3 is 2.57 bits per heavy atom. The van der Waals surface area contributed by atoms with Gasteiger partial charge in [0, 0.05) is 40.8 Å². The lowest BCUT2D eigenvalue weighted by Crippen LogP contribution is -2.45. The van der Waals surface area contributed by atoms with Crippen LogP contribution < -0.4 is 10.2 Å². The normalized spacial score (nSPS) is 16.9. The second-order valence-corrected chi connectivity index (χ2v) is 10.9. The topological polar surface area (TPSA) is 52.6 Å². The quantitative estimate of drug-likeness (QED) is 0.366. The standard InChI is InChI=1S/C26H29F3N2O2S.ClH/c1-25(2,3)30-13-16-5-4-10-31(14-16)22-9-6-17(11-20(22)24(32)33)21-15-34-23-12-18(26(27,28)29)7-8-19(21)23;/h6-9,11-12,15-16,30H,4-5,10,13-14H2,1-3H3,(H,32,33);1H/t16-;/m1./s1. The molecule has 1 saturated heterocycles. The number of nitrogens with zero attached hydrogens (tertiary/aromatic N) is 1. The lowest BCUT2D eigenvalue weighted by atomic mass is 9.94. The van der Waals surface area contributed by atoms with E-state index in [0.717, 1.165) is 50.2 Å². The van der Waals surface area contributed by atoms with Gasteiger partial charge in [0.05, 0.1) is 16.8 Å². The Kier molecular flexibility index (Phi) is 8.09. The first kappa shape index (κ1) is 27.3. The van der Waals surface area contributed by atoms with Gasteiger partial charge in [-0.25, -0.2) is 4.79 Å². The van der Waals surface area contributed by atoms with E-state index in [9.17, 15) is 23.1 Å². The van der Waals surface area contributed by atoms with Crippen LogP contribution in [-0.2, 0) is 6.18 Å². The Morgan fingerprint density at radius 2 is 1.91 bits per heavy atom. The van der Waals surface area contributed by atoms with Crippen molar-refractivity contribution in [3.8, 4) is 11.1 Å². The van der Waals surface area contributed by atoms with Crippen LogP contribution in [0, 0.1) is 5.92 Å². The second-order valence-electron chi connectivity index (χ2n) is 9.98. The third-order valence-corrected chi connectivity index (χ3v) is 7.17. The highest BCUT2D eigenvalue weighted by Crippen LogP contribution is 2.39. The summed E-state index contributed by atoms with van der Waals surface area (Å²) in [6.45, 7) is 8.85.